The molecule has 2 unspecified atom stereocenters. The molecule has 0 aromatic heterocycles. The second-order valence-corrected chi connectivity index (χ2v) is 6.44. The highest BCUT2D eigenvalue weighted by molar-refractivity contribution is 7.89. The molecular formula is C10H22N2O3S. The summed E-state index contributed by atoms with van der Waals surface area (Å²) in [5.41, 5.74) is 0. The van der Waals surface area contributed by atoms with E-state index in [2.05, 4.69) is 23.6 Å². The Balaban J connectivity index is 2.42. The maximum absolute atomic E-state index is 11.6. The predicted octanol–water partition coefficient (Wildman–Crippen LogP) is -0.229. The van der Waals surface area contributed by atoms with Gasteiger partial charge in [0.05, 0.1) is 5.75 Å². The molecule has 2 N–H and O–H groups in total. The highest BCUT2D eigenvalue weighted by Crippen LogP contribution is 2.16. The summed E-state index contributed by atoms with van der Waals surface area (Å²) in [6.07, 6.45) is 2.02. The van der Waals surface area contributed by atoms with Crippen molar-refractivity contribution in [2.24, 2.45) is 0 Å². The number of hydrogen-bond donors (Lipinski definition) is 2. The summed E-state index contributed by atoms with van der Waals surface area (Å²) in [5, 5.41) is 8.61. The van der Waals surface area contributed by atoms with Crippen molar-refractivity contribution in [1.29, 1.82) is 0 Å². The number of piperidine rings is 1. The number of nitrogens with zero attached hydrogens (tertiary/aromatic N) is 1. The number of nitrogens with one attached hydrogen (secondary N) is 1. The molecule has 1 rings (SSSR count). The van der Waals surface area contributed by atoms with Crippen molar-refractivity contribution in [2.75, 3.05) is 26.0 Å². The third-order valence-electron chi connectivity index (χ3n) is 3.13. The Morgan fingerprint density at radius 2 is 2.19 bits per heavy atom. The molecule has 0 aliphatic carbocycles. The fraction of sp³-hybridized carbons (Fsp3) is 1.00. The molecule has 0 aromatic carbocycles. The van der Waals surface area contributed by atoms with Gasteiger partial charge in [-0.15, -0.1) is 0 Å². The highest BCUT2D eigenvalue weighted by Gasteiger charge is 2.25. The lowest BCUT2D eigenvalue weighted by molar-refractivity contribution is 0.178. The number of hydrogen-bond acceptors (Lipinski definition) is 4. The van der Waals surface area contributed by atoms with Crippen LogP contribution in [0.2, 0.25) is 0 Å². The van der Waals surface area contributed by atoms with Crippen LogP contribution >= 0.6 is 0 Å². The minimum atomic E-state index is -3.21. The minimum Gasteiger partial charge on any atom is -0.396 e. The minimum absolute atomic E-state index is 0.0181. The molecule has 0 radical (unpaired) electrons. The maximum atomic E-state index is 11.6. The van der Waals surface area contributed by atoms with Crippen LogP contribution in [0, 0.1) is 0 Å². The van der Waals surface area contributed by atoms with Gasteiger partial charge in [-0.2, -0.15) is 0 Å². The summed E-state index contributed by atoms with van der Waals surface area (Å²) in [7, 11) is -1.16. The van der Waals surface area contributed by atoms with E-state index < -0.39 is 10.0 Å². The van der Waals surface area contributed by atoms with Gasteiger partial charge in [0.1, 0.15) is 0 Å². The average molecular weight is 250 g/mol. The van der Waals surface area contributed by atoms with Gasteiger partial charge in [0.2, 0.25) is 10.0 Å². The maximum Gasteiger partial charge on any atom is 0.211 e. The van der Waals surface area contributed by atoms with Crippen molar-refractivity contribution in [3.63, 3.8) is 0 Å². The van der Waals surface area contributed by atoms with Crippen molar-refractivity contribution in [3.05, 3.63) is 0 Å². The average Bonchev–Trinajstić information content (AvgIpc) is 2.20. The van der Waals surface area contributed by atoms with Gasteiger partial charge in [-0.05, 0) is 39.8 Å². The van der Waals surface area contributed by atoms with Gasteiger partial charge in [-0.25, -0.2) is 13.1 Å². The number of sulfonamides is 1. The molecule has 1 fully saturated rings. The summed E-state index contributed by atoms with van der Waals surface area (Å²) in [5.74, 6) is 0.0181. The number of aliphatic hydroxyl groups excluding tert-OH is 1. The quantitative estimate of drug-likeness (QED) is 0.707. The lowest BCUT2D eigenvalue weighted by atomic mass is 10.0. The van der Waals surface area contributed by atoms with E-state index in [4.69, 9.17) is 5.11 Å². The molecule has 2 atom stereocenters. The Morgan fingerprint density at radius 3 is 2.75 bits per heavy atom. The molecule has 0 aromatic rings. The molecule has 1 aliphatic heterocycles. The molecule has 1 heterocycles. The largest absolute Gasteiger partial charge is 0.396 e. The number of aliphatic hydroxyl groups is 1. The topological polar surface area (TPSA) is 69.6 Å². The van der Waals surface area contributed by atoms with E-state index in [1.54, 1.807) is 0 Å². The molecule has 5 nitrogen and oxygen atoms in total. The molecule has 0 bridgehead atoms. The molecule has 96 valence electrons. The lowest BCUT2D eigenvalue weighted by Crippen LogP contribution is -2.47. The van der Waals surface area contributed by atoms with Crippen LogP contribution in [0.5, 0.6) is 0 Å². The van der Waals surface area contributed by atoms with Gasteiger partial charge in [0, 0.05) is 18.7 Å². The summed E-state index contributed by atoms with van der Waals surface area (Å²) in [4.78, 5) is 2.23. The fourth-order valence-corrected chi connectivity index (χ4v) is 3.31. The first kappa shape index (κ1) is 13.9. The highest BCUT2D eigenvalue weighted by atomic mass is 32.2. The van der Waals surface area contributed by atoms with Crippen molar-refractivity contribution in [2.45, 2.75) is 38.3 Å². The standard InChI is InChI=1S/C10H22N2O3S/c1-9-8-10(4-5-12(9)2)11-16(14,15)7-3-6-13/h9-11,13H,3-8H2,1-2H3. The molecule has 1 saturated heterocycles. The number of likely N-dealkylation sites (tertiary alicyclic amines) is 1. The van der Waals surface area contributed by atoms with Gasteiger partial charge in [0.15, 0.2) is 0 Å². The molecule has 1 aliphatic rings. The Kier molecular flexibility index (Phi) is 5.17. The zero-order valence-corrected chi connectivity index (χ0v) is 10.8. The third-order valence-corrected chi connectivity index (χ3v) is 4.64. The smallest absolute Gasteiger partial charge is 0.211 e. The summed E-state index contributed by atoms with van der Waals surface area (Å²) in [6.45, 7) is 2.95. The van der Waals surface area contributed by atoms with Crippen molar-refractivity contribution in [3.8, 4) is 0 Å². The van der Waals surface area contributed by atoms with Crippen LogP contribution in [-0.2, 0) is 10.0 Å². The Labute approximate surface area is 97.9 Å². The van der Waals surface area contributed by atoms with E-state index in [0.717, 1.165) is 19.4 Å². The summed E-state index contributed by atoms with van der Waals surface area (Å²) < 4.78 is 25.9. The second-order valence-electron chi connectivity index (χ2n) is 4.56. The van der Waals surface area contributed by atoms with Gasteiger partial charge in [-0.3, -0.25) is 0 Å². The van der Waals surface area contributed by atoms with E-state index in [0.29, 0.717) is 12.5 Å². The Bertz CT molecular complexity index is 305. The summed E-state index contributed by atoms with van der Waals surface area (Å²) in [6, 6.07) is 0.467. The van der Waals surface area contributed by atoms with Gasteiger partial charge in [0.25, 0.3) is 0 Å². The van der Waals surface area contributed by atoms with Crippen LogP contribution < -0.4 is 4.72 Å². The zero-order valence-electron chi connectivity index (χ0n) is 10.0. The van der Waals surface area contributed by atoms with Crippen LogP contribution in [0.1, 0.15) is 26.2 Å². The lowest BCUT2D eigenvalue weighted by Gasteiger charge is -2.35. The van der Waals surface area contributed by atoms with Crippen molar-refractivity contribution in [1.82, 2.24) is 9.62 Å². The molecule has 0 spiro atoms. The van der Waals surface area contributed by atoms with Crippen molar-refractivity contribution < 1.29 is 13.5 Å². The second kappa shape index (κ2) is 5.95. The van der Waals surface area contributed by atoms with E-state index in [9.17, 15) is 8.42 Å². The molecule has 0 saturated carbocycles. The van der Waals surface area contributed by atoms with E-state index in [-0.39, 0.29) is 18.4 Å². The fourth-order valence-electron chi connectivity index (χ4n) is 1.96. The van der Waals surface area contributed by atoms with Gasteiger partial charge < -0.3 is 10.0 Å². The van der Waals surface area contributed by atoms with Crippen LogP contribution in [0.3, 0.4) is 0 Å². The van der Waals surface area contributed by atoms with E-state index in [1.807, 2.05) is 0 Å². The Hall–Kier alpha value is -0.170. The first-order valence-corrected chi connectivity index (χ1v) is 7.41. The van der Waals surface area contributed by atoms with E-state index in [1.165, 1.54) is 0 Å². The van der Waals surface area contributed by atoms with Crippen LogP contribution in [0.15, 0.2) is 0 Å². The molecular weight excluding hydrogens is 228 g/mol. The first-order valence-electron chi connectivity index (χ1n) is 5.75. The third kappa shape index (κ3) is 4.37. The number of rotatable bonds is 5. The van der Waals surface area contributed by atoms with Crippen LogP contribution in [-0.4, -0.2) is 56.5 Å². The zero-order chi connectivity index (χ0) is 12.2. The Morgan fingerprint density at radius 1 is 1.50 bits per heavy atom. The first-order chi connectivity index (χ1) is 7.44. The predicted molar refractivity (Wildman–Crippen MR) is 63.7 cm³/mol. The van der Waals surface area contributed by atoms with Gasteiger partial charge >= 0.3 is 0 Å². The SMILES string of the molecule is CC1CC(NS(=O)(=O)CCCO)CCN1C. The summed E-state index contributed by atoms with van der Waals surface area (Å²) >= 11 is 0. The van der Waals surface area contributed by atoms with Gasteiger partial charge in [-0.1, -0.05) is 0 Å². The van der Waals surface area contributed by atoms with Crippen LogP contribution in [0.4, 0.5) is 0 Å². The van der Waals surface area contributed by atoms with Crippen molar-refractivity contribution >= 4 is 10.0 Å². The van der Waals surface area contributed by atoms with Crippen LogP contribution in [0.25, 0.3) is 0 Å². The molecule has 16 heavy (non-hydrogen) atoms. The molecule has 0 amide bonds. The molecule has 6 heteroatoms. The van der Waals surface area contributed by atoms with E-state index >= 15 is 0 Å². The monoisotopic (exact) mass is 250 g/mol. The normalized spacial score (nSPS) is 28.2.